The van der Waals surface area contributed by atoms with E-state index in [1.54, 1.807) is 16.4 Å². The topological polar surface area (TPSA) is 66.9 Å². The number of sulfonamides is 1. The van der Waals surface area contributed by atoms with E-state index in [4.69, 9.17) is 4.74 Å². The molecular weight excluding hydrogens is 388 g/mol. The van der Waals surface area contributed by atoms with E-state index in [0.29, 0.717) is 30.1 Å². The number of carbonyl (C=O) groups excluding carboxylic acids is 1. The molecule has 2 aliphatic heterocycles. The Labute approximate surface area is 172 Å². The maximum Gasteiger partial charge on any atom is 0.337 e. The smallest absolute Gasteiger partial charge is 0.337 e. The van der Waals surface area contributed by atoms with Gasteiger partial charge in [-0.05, 0) is 60.7 Å². The molecule has 1 saturated heterocycles. The molecule has 0 N–H and O–H groups in total. The molecule has 6 nitrogen and oxygen atoms in total. The number of hydrogen-bond donors (Lipinski definition) is 0. The first-order valence-electron chi connectivity index (χ1n) is 10.0. The van der Waals surface area contributed by atoms with Crippen molar-refractivity contribution < 1.29 is 17.9 Å². The molecule has 0 unspecified atom stereocenters. The largest absolute Gasteiger partial charge is 0.465 e. The zero-order valence-electron chi connectivity index (χ0n) is 16.6. The van der Waals surface area contributed by atoms with E-state index < -0.39 is 10.0 Å². The average molecular weight is 415 g/mol. The van der Waals surface area contributed by atoms with Gasteiger partial charge in [0.05, 0.1) is 17.6 Å². The molecule has 0 atom stereocenters. The summed E-state index contributed by atoms with van der Waals surface area (Å²) in [5.74, 6) is -0.346. The van der Waals surface area contributed by atoms with Crippen LogP contribution in [0.3, 0.4) is 0 Å². The number of carbonyl (C=O) groups is 1. The van der Waals surface area contributed by atoms with E-state index in [0.717, 1.165) is 49.0 Å². The van der Waals surface area contributed by atoms with E-state index in [2.05, 4.69) is 4.90 Å². The molecule has 4 rings (SSSR count). The van der Waals surface area contributed by atoms with Crippen molar-refractivity contribution in [2.45, 2.75) is 37.1 Å². The first kappa shape index (κ1) is 19.9. The van der Waals surface area contributed by atoms with Gasteiger partial charge in [0, 0.05) is 31.9 Å². The highest BCUT2D eigenvalue weighted by Gasteiger charge is 2.28. The van der Waals surface area contributed by atoms with Crippen LogP contribution in [0.1, 0.15) is 40.7 Å². The molecule has 0 aromatic heterocycles. The number of methoxy groups -OCH3 is 1. The Bertz CT molecular complexity index is 1010. The van der Waals surface area contributed by atoms with E-state index in [1.807, 2.05) is 30.3 Å². The van der Waals surface area contributed by atoms with E-state index in [9.17, 15) is 13.2 Å². The van der Waals surface area contributed by atoms with Crippen LogP contribution in [-0.4, -0.2) is 45.4 Å². The fourth-order valence-electron chi connectivity index (χ4n) is 4.16. The minimum Gasteiger partial charge on any atom is -0.465 e. The first-order chi connectivity index (χ1) is 14.0. The summed E-state index contributed by atoms with van der Waals surface area (Å²) in [6, 6.07) is 12.9. The molecule has 2 aliphatic rings. The number of piperidine rings is 1. The van der Waals surface area contributed by atoms with Crippen LogP contribution >= 0.6 is 0 Å². The Morgan fingerprint density at radius 3 is 2.59 bits per heavy atom. The minimum absolute atomic E-state index is 0.346. The number of nitrogens with zero attached hydrogens (tertiary/aromatic N) is 2. The second-order valence-corrected chi connectivity index (χ2v) is 9.56. The molecule has 0 spiro atoms. The number of hydrogen-bond acceptors (Lipinski definition) is 5. The van der Waals surface area contributed by atoms with Gasteiger partial charge in [-0.1, -0.05) is 18.6 Å². The van der Waals surface area contributed by atoms with Gasteiger partial charge in [0.15, 0.2) is 0 Å². The highest BCUT2D eigenvalue weighted by molar-refractivity contribution is 7.89. The Morgan fingerprint density at radius 1 is 1.03 bits per heavy atom. The van der Waals surface area contributed by atoms with Crippen molar-refractivity contribution in [2.24, 2.45) is 0 Å². The van der Waals surface area contributed by atoms with Crippen molar-refractivity contribution in [1.82, 2.24) is 4.31 Å². The number of benzene rings is 2. The average Bonchev–Trinajstić information content (AvgIpc) is 3.16. The van der Waals surface area contributed by atoms with Crippen molar-refractivity contribution in [1.29, 1.82) is 0 Å². The molecule has 1 fully saturated rings. The fourth-order valence-corrected chi connectivity index (χ4v) is 5.73. The molecule has 2 aromatic rings. The lowest BCUT2D eigenvalue weighted by molar-refractivity contribution is 0.0600. The normalized spacial score (nSPS) is 17.2. The third-order valence-electron chi connectivity index (χ3n) is 5.72. The first-order valence-corrected chi connectivity index (χ1v) is 11.5. The predicted octanol–water partition coefficient (Wildman–Crippen LogP) is 3.21. The summed E-state index contributed by atoms with van der Waals surface area (Å²) in [4.78, 5) is 14.4. The van der Waals surface area contributed by atoms with E-state index >= 15 is 0 Å². The molecule has 0 amide bonds. The lowest BCUT2D eigenvalue weighted by Crippen LogP contribution is -2.35. The van der Waals surface area contributed by atoms with Gasteiger partial charge in [-0.25, -0.2) is 13.2 Å². The quantitative estimate of drug-likeness (QED) is 0.703. The summed E-state index contributed by atoms with van der Waals surface area (Å²) in [5.41, 5.74) is 3.68. The van der Waals surface area contributed by atoms with Crippen molar-refractivity contribution in [2.75, 3.05) is 31.6 Å². The van der Waals surface area contributed by atoms with Crippen LogP contribution in [-0.2, 0) is 27.7 Å². The van der Waals surface area contributed by atoms with Gasteiger partial charge in [-0.3, -0.25) is 0 Å². The predicted molar refractivity (Wildman–Crippen MR) is 112 cm³/mol. The van der Waals surface area contributed by atoms with Gasteiger partial charge in [0.2, 0.25) is 10.0 Å². The lowest BCUT2D eigenvalue weighted by Gasteiger charge is -2.26. The number of rotatable bonds is 5. The summed E-state index contributed by atoms with van der Waals surface area (Å²) < 4.78 is 32.3. The van der Waals surface area contributed by atoms with Gasteiger partial charge in [0.25, 0.3) is 0 Å². The second-order valence-electron chi connectivity index (χ2n) is 7.62. The molecule has 0 bridgehead atoms. The third-order valence-corrected chi connectivity index (χ3v) is 7.61. The lowest BCUT2D eigenvalue weighted by atomic mass is 10.1. The van der Waals surface area contributed by atoms with Gasteiger partial charge in [-0.15, -0.1) is 0 Å². The standard InChI is InChI=1S/C22H26N2O4S/c1-28-22(25)19-7-5-6-17(14-19)16-23-13-10-18-15-20(8-9-21(18)23)29(26,27)24-11-3-2-4-12-24/h5-9,14-15H,2-4,10-13,16H2,1H3. The SMILES string of the molecule is COC(=O)c1cccc(CN2CCc3cc(S(=O)(=O)N4CCCCC4)ccc32)c1. The molecule has 2 aromatic carbocycles. The summed E-state index contributed by atoms with van der Waals surface area (Å²) in [5, 5.41) is 0. The van der Waals surface area contributed by atoms with Crippen molar-refractivity contribution in [3.05, 3.63) is 59.2 Å². The maximum atomic E-state index is 13.0. The van der Waals surface area contributed by atoms with Crippen LogP contribution in [0, 0.1) is 0 Å². The Morgan fingerprint density at radius 2 is 1.83 bits per heavy atom. The summed E-state index contributed by atoms with van der Waals surface area (Å²) in [7, 11) is -2.04. The van der Waals surface area contributed by atoms with Crippen molar-refractivity contribution in [3.63, 3.8) is 0 Å². The van der Waals surface area contributed by atoms with Gasteiger partial charge >= 0.3 is 5.97 Å². The second kappa shape index (κ2) is 8.16. The van der Waals surface area contributed by atoms with Crippen LogP contribution in [0.25, 0.3) is 0 Å². The van der Waals surface area contributed by atoms with Gasteiger partial charge in [-0.2, -0.15) is 4.31 Å². The molecular formula is C22H26N2O4S. The number of esters is 1. The Kier molecular flexibility index (Phi) is 5.61. The Hall–Kier alpha value is -2.38. The molecule has 2 heterocycles. The van der Waals surface area contributed by atoms with Crippen LogP contribution in [0.4, 0.5) is 5.69 Å². The summed E-state index contributed by atoms with van der Waals surface area (Å²) in [6.45, 7) is 2.71. The van der Waals surface area contributed by atoms with E-state index in [1.165, 1.54) is 7.11 Å². The minimum atomic E-state index is -3.41. The fraction of sp³-hybridized carbons (Fsp3) is 0.409. The maximum absolute atomic E-state index is 13.0. The van der Waals surface area contributed by atoms with Gasteiger partial charge < -0.3 is 9.64 Å². The third kappa shape index (κ3) is 4.02. The zero-order valence-corrected chi connectivity index (χ0v) is 17.5. The van der Waals surface area contributed by atoms with E-state index in [-0.39, 0.29) is 5.97 Å². The van der Waals surface area contributed by atoms with Crippen molar-refractivity contribution >= 4 is 21.7 Å². The molecule has 0 saturated carbocycles. The Balaban J connectivity index is 1.54. The van der Waals surface area contributed by atoms with Crippen molar-refractivity contribution in [3.8, 4) is 0 Å². The molecule has 154 valence electrons. The van der Waals surface area contributed by atoms with Gasteiger partial charge in [0.1, 0.15) is 0 Å². The van der Waals surface area contributed by atoms with Crippen LogP contribution in [0.15, 0.2) is 47.4 Å². The molecule has 7 heteroatoms. The highest BCUT2D eigenvalue weighted by Crippen LogP contribution is 2.32. The summed E-state index contributed by atoms with van der Waals surface area (Å²) in [6.07, 6.45) is 3.78. The number of fused-ring (bicyclic) bond motifs is 1. The monoisotopic (exact) mass is 414 g/mol. The molecule has 0 radical (unpaired) electrons. The summed E-state index contributed by atoms with van der Waals surface area (Å²) >= 11 is 0. The zero-order chi connectivity index (χ0) is 20.4. The number of ether oxygens (including phenoxy) is 1. The van der Waals surface area contributed by atoms with Crippen LogP contribution in [0.2, 0.25) is 0 Å². The highest BCUT2D eigenvalue weighted by atomic mass is 32.2. The molecule has 0 aliphatic carbocycles. The molecule has 29 heavy (non-hydrogen) atoms. The number of anilines is 1. The van der Waals surface area contributed by atoms with Crippen LogP contribution in [0.5, 0.6) is 0 Å². The van der Waals surface area contributed by atoms with Crippen LogP contribution < -0.4 is 4.90 Å².